The van der Waals surface area contributed by atoms with Gasteiger partial charge in [0.25, 0.3) is 0 Å². The molecule has 2 rings (SSSR count). The van der Waals surface area contributed by atoms with E-state index in [1.54, 1.807) is 11.1 Å². The van der Waals surface area contributed by atoms with Crippen molar-refractivity contribution in [2.75, 3.05) is 37.7 Å². The van der Waals surface area contributed by atoms with Crippen LogP contribution in [-0.4, -0.2) is 48.8 Å². The number of carbonyl (C=O) groups is 1. The van der Waals surface area contributed by atoms with Crippen LogP contribution in [-0.2, 0) is 11.3 Å². The molecule has 0 radical (unpaired) electrons. The predicted octanol–water partition coefficient (Wildman–Crippen LogP) is 0.819. The first-order valence-corrected chi connectivity index (χ1v) is 6.57. The number of rotatable bonds is 3. The molecule has 1 amide bonds. The van der Waals surface area contributed by atoms with Crippen LogP contribution in [0.1, 0.15) is 12.5 Å². The average Bonchev–Trinajstić information content (AvgIpc) is 2.47. The lowest BCUT2D eigenvalue weighted by Crippen LogP contribution is -2.49. The van der Waals surface area contributed by atoms with Crippen molar-refractivity contribution in [2.45, 2.75) is 13.5 Å². The Labute approximate surface area is 113 Å². The minimum Gasteiger partial charge on any atom is -0.450 e. The number of aromatic nitrogens is 1. The zero-order chi connectivity index (χ0) is 13.7. The van der Waals surface area contributed by atoms with Gasteiger partial charge in [0.05, 0.1) is 6.61 Å². The second kappa shape index (κ2) is 6.38. The second-order valence-corrected chi connectivity index (χ2v) is 4.36. The Kier molecular flexibility index (Phi) is 4.57. The molecule has 1 saturated heterocycles. The maximum Gasteiger partial charge on any atom is 0.409 e. The molecule has 0 unspecified atom stereocenters. The highest BCUT2D eigenvalue weighted by molar-refractivity contribution is 5.68. The van der Waals surface area contributed by atoms with Crippen molar-refractivity contribution in [3.63, 3.8) is 0 Å². The largest absolute Gasteiger partial charge is 0.450 e. The molecule has 1 aliphatic heterocycles. The van der Waals surface area contributed by atoms with Crippen LogP contribution in [0.3, 0.4) is 0 Å². The molecule has 104 valence electrons. The Morgan fingerprint density at radius 1 is 1.42 bits per heavy atom. The van der Waals surface area contributed by atoms with Crippen LogP contribution >= 0.6 is 0 Å². The van der Waals surface area contributed by atoms with Gasteiger partial charge in [0.1, 0.15) is 5.82 Å². The Hall–Kier alpha value is -1.82. The van der Waals surface area contributed by atoms with Gasteiger partial charge < -0.3 is 20.3 Å². The van der Waals surface area contributed by atoms with Crippen molar-refractivity contribution in [3.05, 3.63) is 23.9 Å². The summed E-state index contributed by atoms with van der Waals surface area (Å²) < 4.78 is 5.00. The van der Waals surface area contributed by atoms with Gasteiger partial charge in [0.2, 0.25) is 0 Å². The van der Waals surface area contributed by atoms with Crippen molar-refractivity contribution in [3.8, 4) is 0 Å². The van der Waals surface area contributed by atoms with Gasteiger partial charge >= 0.3 is 6.09 Å². The van der Waals surface area contributed by atoms with Gasteiger partial charge in [0.15, 0.2) is 0 Å². The van der Waals surface area contributed by atoms with Crippen LogP contribution in [0.25, 0.3) is 0 Å². The number of piperazine rings is 1. The third-order valence-electron chi connectivity index (χ3n) is 3.19. The van der Waals surface area contributed by atoms with E-state index in [1.807, 2.05) is 19.1 Å². The van der Waals surface area contributed by atoms with E-state index in [4.69, 9.17) is 10.5 Å². The van der Waals surface area contributed by atoms with Gasteiger partial charge in [-0.15, -0.1) is 0 Å². The molecule has 0 bridgehead atoms. The van der Waals surface area contributed by atoms with E-state index in [2.05, 4.69) is 9.88 Å². The van der Waals surface area contributed by atoms with Crippen LogP contribution in [0.15, 0.2) is 18.3 Å². The lowest BCUT2D eigenvalue weighted by atomic mass is 10.2. The quantitative estimate of drug-likeness (QED) is 0.875. The summed E-state index contributed by atoms with van der Waals surface area (Å²) in [7, 11) is 0. The highest BCUT2D eigenvalue weighted by atomic mass is 16.6. The normalized spacial score (nSPS) is 15.5. The molecule has 0 spiro atoms. The number of carbonyl (C=O) groups excluding carboxylic acids is 1. The molecule has 0 aliphatic carbocycles. The fourth-order valence-electron chi connectivity index (χ4n) is 2.19. The number of ether oxygens (including phenoxy) is 1. The molecule has 2 heterocycles. The van der Waals surface area contributed by atoms with Crippen molar-refractivity contribution >= 4 is 11.9 Å². The molecular weight excluding hydrogens is 244 g/mol. The van der Waals surface area contributed by atoms with Gasteiger partial charge in [-0.25, -0.2) is 9.78 Å². The molecule has 0 atom stereocenters. The van der Waals surface area contributed by atoms with E-state index in [1.165, 1.54) is 0 Å². The van der Waals surface area contributed by atoms with E-state index >= 15 is 0 Å². The number of nitrogens with two attached hydrogens (primary N) is 1. The van der Waals surface area contributed by atoms with E-state index < -0.39 is 0 Å². The Bertz CT molecular complexity index is 430. The Morgan fingerprint density at radius 3 is 2.79 bits per heavy atom. The topological polar surface area (TPSA) is 71.7 Å². The minimum atomic E-state index is -0.234. The zero-order valence-electron chi connectivity index (χ0n) is 11.2. The lowest BCUT2D eigenvalue weighted by molar-refractivity contribution is 0.105. The van der Waals surface area contributed by atoms with Crippen molar-refractivity contribution in [1.29, 1.82) is 0 Å². The Morgan fingerprint density at radius 2 is 2.16 bits per heavy atom. The van der Waals surface area contributed by atoms with Crippen LogP contribution in [0.2, 0.25) is 0 Å². The smallest absolute Gasteiger partial charge is 0.409 e. The summed E-state index contributed by atoms with van der Waals surface area (Å²) in [6, 6.07) is 3.88. The fraction of sp³-hybridized carbons (Fsp3) is 0.538. The fourth-order valence-corrected chi connectivity index (χ4v) is 2.19. The number of anilines is 1. The SMILES string of the molecule is CCOC(=O)N1CCN(c2ncccc2CN)CC1. The molecule has 1 aliphatic rings. The van der Waals surface area contributed by atoms with Crippen LogP contribution in [0, 0.1) is 0 Å². The van der Waals surface area contributed by atoms with E-state index in [-0.39, 0.29) is 6.09 Å². The van der Waals surface area contributed by atoms with Crippen molar-refractivity contribution in [2.24, 2.45) is 5.73 Å². The molecule has 1 aromatic rings. The second-order valence-electron chi connectivity index (χ2n) is 4.36. The molecule has 0 saturated carbocycles. The van der Waals surface area contributed by atoms with Crippen LogP contribution in [0.4, 0.5) is 10.6 Å². The molecule has 0 aromatic carbocycles. The molecule has 2 N–H and O–H groups in total. The highest BCUT2D eigenvalue weighted by Gasteiger charge is 2.23. The number of hydrogen-bond donors (Lipinski definition) is 1. The number of nitrogens with zero attached hydrogens (tertiary/aromatic N) is 3. The van der Waals surface area contributed by atoms with Gasteiger partial charge in [-0.1, -0.05) is 6.07 Å². The summed E-state index contributed by atoms with van der Waals surface area (Å²) in [5.74, 6) is 0.925. The van der Waals surface area contributed by atoms with Gasteiger partial charge in [-0.05, 0) is 13.0 Å². The van der Waals surface area contributed by atoms with Crippen molar-refractivity contribution in [1.82, 2.24) is 9.88 Å². The van der Waals surface area contributed by atoms with E-state index in [0.29, 0.717) is 26.2 Å². The maximum absolute atomic E-state index is 11.6. The first kappa shape index (κ1) is 13.6. The molecule has 6 nitrogen and oxygen atoms in total. The summed E-state index contributed by atoms with van der Waals surface area (Å²) in [5.41, 5.74) is 6.76. The van der Waals surface area contributed by atoms with Gasteiger partial charge in [-0.2, -0.15) is 0 Å². The number of amides is 1. The van der Waals surface area contributed by atoms with Gasteiger partial charge in [0, 0.05) is 44.5 Å². The third kappa shape index (κ3) is 3.14. The van der Waals surface area contributed by atoms with E-state index in [0.717, 1.165) is 24.5 Å². The molecule has 1 fully saturated rings. The first-order valence-electron chi connectivity index (χ1n) is 6.57. The zero-order valence-corrected chi connectivity index (χ0v) is 11.2. The first-order chi connectivity index (χ1) is 9.26. The highest BCUT2D eigenvalue weighted by Crippen LogP contribution is 2.18. The van der Waals surface area contributed by atoms with Crippen molar-refractivity contribution < 1.29 is 9.53 Å². The molecular formula is C13H20N4O2. The van der Waals surface area contributed by atoms with Crippen LogP contribution in [0.5, 0.6) is 0 Å². The standard InChI is InChI=1S/C13H20N4O2/c1-2-19-13(18)17-8-6-16(7-9-17)12-11(10-14)4-3-5-15-12/h3-5H,2,6-10,14H2,1H3. The van der Waals surface area contributed by atoms with Gasteiger partial charge in [-0.3, -0.25) is 0 Å². The molecule has 19 heavy (non-hydrogen) atoms. The Balaban J connectivity index is 1.98. The summed E-state index contributed by atoms with van der Waals surface area (Å²) in [6.07, 6.45) is 1.54. The average molecular weight is 264 g/mol. The summed E-state index contributed by atoms with van der Waals surface area (Å²) >= 11 is 0. The maximum atomic E-state index is 11.6. The molecule has 1 aromatic heterocycles. The summed E-state index contributed by atoms with van der Waals surface area (Å²) in [6.45, 7) is 5.51. The third-order valence-corrected chi connectivity index (χ3v) is 3.19. The predicted molar refractivity (Wildman–Crippen MR) is 72.9 cm³/mol. The lowest BCUT2D eigenvalue weighted by Gasteiger charge is -2.35. The monoisotopic (exact) mass is 264 g/mol. The number of pyridine rings is 1. The van der Waals surface area contributed by atoms with E-state index in [9.17, 15) is 4.79 Å². The molecule has 6 heteroatoms. The summed E-state index contributed by atoms with van der Waals surface area (Å²) in [4.78, 5) is 19.9. The minimum absolute atomic E-state index is 0.234. The number of hydrogen-bond acceptors (Lipinski definition) is 5. The van der Waals surface area contributed by atoms with Crippen LogP contribution < -0.4 is 10.6 Å². The summed E-state index contributed by atoms with van der Waals surface area (Å²) in [5, 5.41) is 0.